The molecule has 1 saturated carbocycles. The van der Waals surface area contributed by atoms with Crippen LogP contribution in [0.1, 0.15) is 49.4 Å². The van der Waals surface area contributed by atoms with Crippen molar-refractivity contribution in [2.24, 2.45) is 5.92 Å². The van der Waals surface area contributed by atoms with Gasteiger partial charge in [-0.1, -0.05) is 6.92 Å². The normalized spacial score (nSPS) is 29.2. The van der Waals surface area contributed by atoms with E-state index in [0.717, 1.165) is 25.0 Å². The summed E-state index contributed by atoms with van der Waals surface area (Å²) in [5, 5.41) is 0. The molecule has 2 atom stereocenters. The van der Waals surface area contributed by atoms with Crippen LogP contribution in [0.3, 0.4) is 0 Å². The molecule has 3 rings (SSSR count). The first kappa shape index (κ1) is 12.5. The first-order valence-electron chi connectivity index (χ1n) is 7.09. The highest BCUT2D eigenvalue weighted by molar-refractivity contribution is 6.00. The van der Waals surface area contributed by atoms with Crippen LogP contribution >= 0.6 is 0 Å². The van der Waals surface area contributed by atoms with E-state index in [1.807, 2.05) is 12.1 Å². The van der Waals surface area contributed by atoms with Crippen molar-refractivity contribution < 1.29 is 14.3 Å². The number of Topliss-reactive ketones (excluding diaryl/α,β-unsaturated/α-hetero) is 1. The smallest absolute Gasteiger partial charge is 0.170 e. The van der Waals surface area contributed by atoms with Gasteiger partial charge in [0.25, 0.3) is 0 Å². The number of methoxy groups -OCH3 is 1. The summed E-state index contributed by atoms with van der Waals surface area (Å²) in [5.41, 5.74) is 0.430. The summed E-state index contributed by atoms with van der Waals surface area (Å²) >= 11 is 0. The Kier molecular flexibility index (Phi) is 3.00. The van der Waals surface area contributed by atoms with Crippen molar-refractivity contribution in [2.45, 2.75) is 44.6 Å². The molecule has 1 heterocycles. The van der Waals surface area contributed by atoms with E-state index < -0.39 is 0 Å². The molecule has 2 unspecified atom stereocenters. The Labute approximate surface area is 113 Å². The highest BCUT2D eigenvalue weighted by atomic mass is 16.5. The SMILES string of the molecule is CCC1CCCC12CC(=O)c1cc(OC)ccc1O2. The number of benzene rings is 1. The molecule has 1 fully saturated rings. The highest BCUT2D eigenvalue weighted by Gasteiger charge is 2.48. The van der Waals surface area contributed by atoms with Crippen LogP contribution in [-0.2, 0) is 0 Å². The van der Waals surface area contributed by atoms with Gasteiger partial charge in [0.05, 0.1) is 19.1 Å². The number of fused-ring (bicyclic) bond motifs is 1. The Balaban J connectivity index is 1.98. The van der Waals surface area contributed by atoms with Crippen LogP contribution in [0.4, 0.5) is 0 Å². The van der Waals surface area contributed by atoms with Crippen molar-refractivity contribution >= 4 is 5.78 Å². The van der Waals surface area contributed by atoms with Gasteiger partial charge in [-0.25, -0.2) is 0 Å². The van der Waals surface area contributed by atoms with Crippen molar-refractivity contribution in [3.8, 4) is 11.5 Å². The molecule has 1 aromatic carbocycles. The molecule has 0 N–H and O–H groups in total. The van der Waals surface area contributed by atoms with Gasteiger partial charge in [0.15, 0.2) is 5.78 Å². The molecule has 19 heavy (non-hydrogen) atoms. The lowest BCUT2D eigenvalue weighted by atomic mass is 9.81. The molecule has 3 heteroatoms. The molecule has 0 radical (unpaired) electrons. The van der Waals surface area contributed by atoms with Gasteiger partial charge in [-0.3, -0.25) is 4.79 Å². The molecular weight excluding hydrogens is 240 g/mol. The standard InChI is InChI=1S/C16H20O3/c1-3-11-5-4-8-16(11)10-14(17)13-9-12(18-2)6-7-15(13)19-16/h6-7,9,11H,3-5,8,10H2,1-2H3. The summed E-state index contributed by atoms with van der Waals surface area (Å²) in [6, 6.07) is 5.53. The summed E-state index contributed by atoms with van der Waals surface area (Å²) < 4.78 is 11.5. The first-order chi connectivity index (χ1) is 9.18. The zero-order valence-electron chi connectivity index (χ0n) is 11.6. The van der Waals surface area contributed by atoms with Gasteiger partial charge in [-0.05, 0) is 49.8 Å². The Morgan fingerprint density at radius 2 is 2.32 bits per heavy atom. The summed E-state index contributed by atoms with van der Waals surface area (Å²) in [4.78, 5) is 12.4. The Morgan fingerprint density at radius 1 is 1.47 bits per heavy atom. The van der Waals surface area contributed by atoms with Crippen molar-refractivity contribution in [1.82, 2.24) is 0 Å². The van der Waals surface area contributed by atoms with Gasteiger partial charge in [-0.2, -0.15) is 0 Å². The summed E-state index contributed by atoms with van der Waals surface area (Å²) in [7, 11) is 1.61. The predicted molar refractivity (Wildman–Crippen MR) is 72.9 cm³/mol. The molecule has 0 saturated heterocycles. The van der Waals surface area contributed by atoms with Crippen molar-refractivity contribution in [3.05, 3.63) is 23.8 Å². The van der Waals surface area contributed by atoms with Crippen LogP contribution in [0.2, 0.25) is 0 Å². The second-order valence-electron chi connectivity index (χ2n) is 5.63. The number of hydrogen-bond donors (Lipinski definition) is 0. The molecule has 1 aromatic rings. The van der Waals surface area contributed by atoms with Crippen molar-refractivity contribution in [1.29, 1.82) is 0 Å². The number of ether oxygens (including phenoxy) is 2. The zero-order valence-corrected chi connectivity index (χ0v) is 11.6. The van der Waals surface area contributed by atoms with Crippen LogP contribution in [0.5, 0.6) is 11.5 Å². The lowest BCUT2D eigenvalue weighted by molar-refractivity contribution is 0.0112. The van der Waals surface area contributed by atoms with Gasteiger partial charge < -0.3 is 9.47 Å². The van der Waals surface area contributed by atoms with Crippen LogP contribution in [-0.4, -0.2) is 18.5 Å². The Morgan fingerprint density at radius 3 is 3.05 bits per heavy atom. The van der Waals surface area contributed by atoms with E-state index in [4.69, 9.17) is 9.47 Å². The maximum absolute atomic E-state index is 12.4. The minimum Gasteiger partial charge on any atom is -0.497 e. The first-order valence-corrected chi connectivity index (χ1v) is 7.09. The van der Waals surface area contributed by atoms with E-state index in [1.54, 1.807) is 13.2 Å². The van der Waals surface area contributed by atoms with Gasteiger partial charge >= 0.3 is 0 Å². The fourth-order valence-corrected chi connectivity index (χ4v) is 3.62. The third kappa shape index (κ3) is 1.92. The fourth-order valence-electron chi connectivity index (χ4n) is 3.62. The van der Waals surface area contributed by atoms with E-state index in [-0.39, 0.29) is 11.4 Å². The molecule has 2 aliphatic rings. The van der Waals surface area contributed by atoms with Crippen LogP contribution < -0.4 is 9.47 Å². The van der Waals surface area contributed by atoms with E-state index in [9.17, 15) is 4.79 Å². The second-order valence-corrected chi connectivity index (χ2v) is 5.63. The third-order valence-electron chi connectivity index (χ3n) is 4.65. The number of carbonyl (C=O) groups is 1. The summed E-state index contributed by atoms with van der Waals surface area (Å²) in [5.74, 6) is 2.15. The Bertz CT molecular complexity index is 509. The molecular formula is C16H20O3. The Hall–Kier alpha value is -1.51. The van der Waals surface area contributed by atoms with Crippen molar-refractivity contribution in [3.63, 3.8) is 0 Å². The molecule has 102 valence electrons. The van der Waals surface area contributed by atoms with E-state index in [0.29, 0.717) is 23.7 Å². The number of carbonyl (C=O) groups excluding carboxylic acids is 1. The molecule has 0 bridgehead atoms. The van der Waals surface area contributed by atoms with Crippen LogP contribution in [0.25, 0.3) is 0 Å². The van der Waals surface area contributed by atoms with Crippen molar-refractivity contribution in [2.75, 3.05) is 7.11 Å². The second kappa shape index (κ2) is 4.55. The minimum atomic E-state index is -0.243. The lowest BCUT2D eigenvalue weighted by Gasteiger charge is -2.39. The highest BCUT2D eigenvalue weighted by Crippen LogP contribution is 2.48. The topological polar surface area (TPSA) is 35.5 Å². The van der Waals surface area contributed by atoms with Gasteiger partial charge in [0.1, 0.15) is 17.1 Å². The molecule has 0 amide bonds. The summed E-state index contributed by atoms with van der Waals surface area (Å²) in [6.45, 7) is 2.19. The van der Waals surface area contributed by atoms with Gasteiger partial charge in [0.2, 0.25) is 0 Å². The molecule has 1 aliphatic heterocycles. The quantitative estimate of drug-likeness (QED) is 0.815. The van der Waals surface area contributed by atoms with E-state index in [2.05, 4.69) is 6.92 Å². The summed E-state index contributed by atoms with van der Waals surface area (Å²) in [6.07, 6.45) is 4.94. The monoisotopic (exact) mass is 260 g/mol. The molecule has 1 spiro atoms. The maximum Gasteiger partial charge on any atom is 0.170 e. The zero-order chi connectivity index (χ0) is 13.5. The number of hydrogen-bond acceptors (Lipinski definition) is 3. The van der Waals surface area contributed by atoms with Crippen LogP contribution in [0, 0.1) is 5.92 Å². The molecule has 0 aromatic heterocycles. The van der Waals surface area contributed by atoms with Gasteiger partial charge in [-0.15, -0.1) is 0 Å². The fraction of sp³-hybridized carbons (Fsp3) is 0.562. The molecule has 3 nitrogen and oxygen atoms in total. The minimum absolute atomic E-state index is 0.195. The largest absolute Gasteiger partial charge is 0.497 e. The van der Waals surface area contributed by atoms with E-state index in [1.165, 1.54) is 6.42 Å². The maximum atomic E-state index is 12.4. The van der Waals surface area contributed by atoms with E-state index >= 15 is 0 Å². The molecule has 1 aliphatic carbocycles. The predicted octanol–water partition coefficient (Wildman–Crippen LogP) is 3.61. The third-order valence-corrected chi connectivity index (χ3v) is 4.65. The number of rotatable bonds is 2. The number of ketones is 1. The van der Waals surface area contributed by atoms with Crippen LogP contribution in [0.15, 0.2) is 18.2 Å². The average molecular weight is 260 g/mol. The average Bonchev–Trinajstić information content (AvgIpc) is 2.80. The van der Waals surface area contributed by atoms with Gasteiger partial charge in [0, 0.05) is 0 Å². The lowest BCUT2D eigenvalue weighted by Crippen LogP contribution is -2.44.